The predicted molar refractivity (Wildman–Crippen MR) is 112 cm³/mol. The Morgan fingerprint density at radius 2 is 1.86 bits per heavy atom. The van der Waals surface area contributed by atoms with Gasteiger partial charge in [-0.3, -0.25) is 10.1 Å². The van der Waals surface area contributed by atoms with Crippen molar-refractivity contribution in [3.63, 3.8) is 0 Å². The maximum absolute atomic E-state index is 11.9. The Hall–Kier alpha value is -3.34. The molecule has 0 bridgehead atoms. The molecule has 150 valence electrons. The molecule has 10 nitrogen and oxygen atoms in total. The molecule has 0 unspecified atom stereocenters. The molecule has 1 saturated heterocycles. The summed E-state index contributed by atoms with van der Waals surface area (Å²) in [5, 5.41) is 15.4. The molecule has 0 saturated carbocycles. The number of pyridine rings is 1. The largest absolute Gasteiger partial charge is 0.353 e. The molecule has 0 amide bonds. The van der Waals surface area contributed by atoms with E-state index in [0.717, 1.165) is 16.4 Å². The minimum Gasteiger partial charge on any atom is -0.353 e. The average molecular weight is 412 g/mol. The monoisotopic (exact) mass is 412 g/mol. The molecule has 4 heterocycles. The van der Waals surface area contributed by atoms with E-state index in [2.05, 4.69) is 30.2 Å². The van der Waals surface area contributed by atoms with Crippen LogP contribution < -0.4 is 15.1 Å². The zero-order chi connectivity index (χ0) is 20.4. The van der Waals surface area contributed by atoms with Crippen LogP contribution in [0.1, 0.15) is 10.6 Å². The van der Waals surface area contributed by atoms with E-state index in [9.17, 15) is 10.1 Å². The van der Waals surface area contributed by atoms with Crippen molar-refractivity contribution in [1.82, 2.24) is 19.9 Å². The second-order valence-corrected chi connectivity index (χ2v) is 7.80. The highest BCUT2D eigenvalue weighted by Gasteiger charge is 2.30. The lowest BCUT2D eigenvalue weighted by atomic mass is 10.3. The molecule has 0 atom stereocenters. The fourth-order valence-electron chi connectivity index (χ4n) is 3.18. The first kappa shape index (κ1) is 19.0. The Morgan fingerprint density at radius 3 is 2.48 bits per heavy atom. The molecule has 3 aromatic rings. The molecule has 0 spiro atoms. The van der Waals surface area contributed by atoms with Crippen molar-refractivity contribution in [3.8, 4) is 0 Å². The van der Waals surface area contributed by atoms with Crippen LogP contribution in [-0.2, 0) is 0 Å². The van der Waals surface area contributed by atoms with Gasteiger partial charge in [0.05, 0.1) is 10.6 Å². The minimum absolute atomic E-state index is 0.135. The third kappa shape index (κ3) is 3.94. The van der Waals surface area contributed by atoms with Crippen LogP contribution in [0.4, 0.5) is 28.3 Å². The number of hydrogen-bond donors (Lipinski definition) is 1. The number of hydrogen-bond acceptors (Lipinski definition) is 10. The third-order valence-electron chi connectivity index (χ3n) is 4.79. The molecular formula is C18H20N8O2S. The summed E-state index contributed by atoms with van der Waals surface area (Å²) in [5.41, 5.74) is 0.754. The maximum Gasteiger partial charge on any atom is 0.353 e. The summed E-state index contributed by atoms with van der Waals surface area (Å²) >= 11 is 1.44. The molecule has 1 aliphatic heterocycles. The summed E-state index contributed by atoms with van der Waals surface area (Å²) in [5.74, 6) is 1.38. The minimum atomic E-state index is -0.434. The van der Waals surface area contributed by atoms with Crippen LogP contribution in [0.3, 0.4) is 0 Å². The topological polar surface area (TPSA) is 113 Å². The van der Waals surface area contributed by atoms with Crippen molar-refractivity contribution < 1.29 is 4.92 Å². The molecular weight excluding hydrogens is 392 g/mol. The highest BCUT2D eigenvalue weighted by atomic mass is 32.1. The Morgan fingerprint density at radius 1 is 1.10 bits per heavy atom. The second kappa shape index (κ2) is 7.95. The van der Waals surface area contributed by atoms with Crippen LogP contribution in [0.15, 0.2) is 30.7 Å². The zero-order valence-corrected chi connectivity index (χ0v) is 16.9. The van der Waals surface area contributed by atoms with Crippen molar-refractivity contribution in [1.29, 1.82) is 0 Å². The van der Waals surface area contributed by atoms with Gasteiger partial charge in [0, 0.05) is 37.3 Å². The molecule has 3 aromatic heterocycles. The van der Waals surface area contributed by atoms with Gasteiger partial charge in [0.15, 0.2) is 5.13 Å². The number of rotatable bonds is 5. The predicted octanol–water partition coefficient (Wildman–Crippen LogP) is 2.92. The van der Waals surface area contributed by atoms with Gasteiger partial charge in [0.1, 0.15) is 12.1 Å². The van der Waals surface area contributed by atoms with E-state index < -0.39 is 4.92 Å². The third-order valence-corrected chi connectivity index (χ3v) is 5.78. The lowest BCUT2D eigenvalue weighted by molar-refractivity contribution is -0.383. The molecule has 11 heteroatoms. The van der Waals surface area contributed by atoms with Crippen molar-refractivity contribution in [2.24, 2.45) is 0 Å². The Bertz CT molecular complexity index is 998. The van der Waals surface area contributed by atoms with Crippen LogP contribution >= 0.6 is 11.3 Å². The van der Waals surface area contributed by atoms with E-state index in [-0.39, 0.29) is 11.5 Å². The average Bonchev–Trinajstić information content (AvgIpc) is 3.05. The molecule has 0 aliphatic carbocycles. The summed E-state index contributed by atoms with van der Waals surface area (Å²) in [7, 11) is 0. The zero-order valence-electron chi connectivity index (χ0n) is 16.1. The summed E-state index contributed by atoms with van der Waals surface area (Å²) in [6.45, 7) is 6.46. The van der Waals surface area contributed by atoms with Crippen molar-refractivity contribution in [2.45, 2.75) is 13.8 Å². The van der Waals surface area contributed by atoms with Gasteiger partial charge in [0.2, 0.25) is 11.6 Å². The maximum atomic E-state index is 11.9. The van der Waals surface area contributed by atoms with Gasteiger partial charge in [-0.15, -0.1) is 11.3 Å². The van der Waals surface area contributed by atoms with Crippen molar-refractivity contribution in [3.05, 3.63) is 51.4 Å². The van der Waals surface area contributed by atoms with Gasteiger partial charge in [0.25, 0.3) is 0 Å². The highest BCUT2D eigenvalue weighted by Crippen LogP contribution is 2.35. The second-order valence-electron chi connectivity index (χ2n) is 6.60. The van der Waals surface area contributed by atoms with Crippen LogP contribution in [0, 0.1) is 24.0 Å². The van der Waals surface area contributed by atoms with Gasteiger partial charge in [-0.2, -0.15) is 0 Å². The molecule has 0 aromatic carbocycles. The Labute approximate surface area is 171 Å². The van der Waals surface area contributed by atoms with Gasteiger partial charge in [-0.05, 0) is 26.0 Å². The number of piperazine rings is 1. The first-order chi connectivity index (χ1) is 14.0. The SMILES string of the molecule is Cc1nc(Nc2ncnc(N3CCN(c4ccccn4)CC3)c2[N+](=O)[O-])sc1C. The number of thiazole rings is 1. The van der Waals surface area contributed by atoms with E-state index in [4.69, 9.17) is 0 Å². The van der Waals surface area contributed by atoms with E-state index in [1.807, 2.05) is 36.9 Å². The highest BCUT2D eigenvalue weighted by molar-refractivity contribution is 7.15. The van der Waals surface area contributed by atoms with Gasteiger partial charge in [-0.1, -0.05) is 6.07 Å². The number of aryl methyl sites for hydroxylation is 2. The van der Waals surface area contributed by atoms with Crippen molar-refractivity contribution in [2.75, 3.05) is 41.3 Å². The van der Waals surface area contributed by atoms with E-state index in [1.165, 1.54) is 17.7 Å². The van der Waals surface area contributed by atoms with Gasteiger partial charge < -0.3 is 15.1 Å². The first-order valence-corrected chi connectivity index (χ1v) is 9.96. The van der Waals surface area contributed by atoms with Crippen LogP contribution in [-0.4, -0.2) is 51.0 Å². The van der Waals surface area contributed by atoms with Gasteiger partial charge in [-0.25, -0.2) is 19.9 Å². The molecule has 29 heavy (non-hydrogen) atoms. The normalized spacial score (nSPS) is 14.1. The van der Waals surface area contributed by atoms with Gasteiger partial charge >= 0.3 is 5.69 Å². The first-order valence-electron chi connectivity index (χ1n) is 9.14. The number of nitrogens with zero attached hydrogens (tertiary/aromatic N) is 7. The molecule has 1 fully saturated rings. The summed E-state index contributed by atoms with van der Waals surface area (Å²) < 4.78 is 0. The number of anilines is 4. The molecule has 0 radical (unpaired) electrons. The lowest BCUT2D eigenvalue weighted by Gasteiger charge is -2.35. The van der Waals surface area contributed by atoms with E-state index >= 15 is 0 Å². The van der Waals surface area contributed by atoms with Crippen molar-refractivity contribution >= 4 is 39.6 Å². The Balaban J connectivity index is 1.57. The lowest BCUT2D eigenvalue weighted by Crippen LogP contribution is -2.47. The number of nitro groups is 1. The number of aromatic nitrogens is 4. The summed E-state index contributed by atoms with van der Waals surface area (Å²) in [4.78, 5) is 33.6. The van der Waals surface area contributed by atoms with E-state index in [0.29, 0.717) is 37.1 Å². The Kier molecular flexibility index (Phi) is 5.21. The standard InChI is InChI=1S/C18H20N8O2S/c1-12-13(2)29-18(22-12)23-16-15(26(27)28)17(21-11-20-16)25-9-7-24(8-10-25)14-5-3-4-6-19-14/h3-6,11H,7-10H2,1-2H3,(H,20,21,22,23). The van der Waals surface area contributed by atoms with Crippen LogP contribution in [0.2, 0.25) is 0 Å². The van der Waals surface area contributed by atoms with Crippen LogP contribution in [0.25, 0.3) is 0 Å². The molecule has 1 aliphatic rings. The molecule has 4 rings (SSSR count). The van der Waals surface area contributed by atoms with E-state index in [1.54, 1.807) is 6.20 Å². The quantitative estimate of drug-likeness (QED) is 0.499. The fraction of sp³-hybridized carbons (Fsp3) is 0.333. The summed E-state index contributed by atoms with van der Waals surface area (Å²) in [6, 6.07) is 5.79. The smallest absolute Gasteiger partial charge is 0.353 e. The van der Waals surface area contributed by atoms with Crippen LogP contribution in [0.5, 0.6) is 0 Å². The fourth-order valence-corrected chi connectivity index (χ4v) is 3.99. The molecule has 1 N–H and O–H groups in total. The summed E-state index contributed by atoms with van der Waals surface area (Å²) in [6.07, 6.45) is 3.11. The number of nitrogens with one attached hydrogen (secondary N) is 1.